The minimum atomic E-state index is -0.0343. The first-order valence-electron chi connectivity index (χ1n) is 11.8. The van der Waals surface area contributed by atoms with Crippen molar-refractivity contribution in [2.24, 2.45) is 0 Å². The Morgan fingerprint density at radius 3 is 1.86 bits per heavy atom. The zero-order valence-corrected chi connectivity index (χ0v) is 20.5. The molecule has 0 bridgehead atoms. The van der Waals surface area contributed by atoms with Crippen LogP contribution in [0.4, 0.5) is 0 Å². The molecule has 178 valence electrons. The summed E-state index contributed by atoms with van der Waals surface area (Å²) in [6, 6.07) is 31.8. The fourth-order valence-corrected chi connectivity index (χ4v) is 4.19. The van der Waals surface area contributed by atoms with Gasteiger partial charge in [0.1, 0.15) is 18.1 Å². The van der Waals surface area contributed by atoms with Crippen LogP contribution in [0.2, 0.25) is 0 Å². The molecule has 0 fully saturated rings. The molecule has 0 aliphatic heterocycles. The number of nitrogens with zero attached hydrogens (tertiary/aromatic N) is 1. The SMILES string of the molecule is COc1ccc(C(=O)N(Cc2ccccc2)Cc2ccccc2)cc1COc1cc(C)cc(C)c1. The molecule has 0 spiro atoms. The number of amides is 1. The van der Waals surface area contributed by atoms with Crippen molar-refractivity contribution < 1.29 is 14.3 Å². The lowest BCUT2D eigenvalue weighted by molar-refractivity contribution is 0.0730. The highest BCUT2D eigenvalue weighted by Gasteiger charge is 2.19. The van der Waals surface area contributed by atoms with Crippen molar-refractivity contribution >= 4 is 5.91 Å². The van der Waals surface area contributed by atoms with Crippen LogP contribution in [0.3, 0.4) is 0 Å². The molecule has 0 aromatic heterocycles. The topological polar surface area (TPSA) is 38.8 Å². The highest BCUT2D eigenvalue weighted by Crippen LogP contribution is 2.25. The number of ether oxygens (including phenoxy) is 2. The number of carbonyl (C=O) groups excluding carboxylic acids is 1. The second kappa shape index (κ2) is 11.4. The van der Waals surface area contributed by atoms with Gasteiger partial charge in [0.05, 0.1) is 7.11 Å². The molecule has 1 amide bonds. The minimum Gasteiger partial charge on any atom is -0.496 e. The number of hydrogen-bond acceptors (Lipinski definition) is 3. The van der Waals surface area contributed by atoms with Gasteiger partial charge in [-0.1, -0.05) is 66.7 Å². The van der Waals surface area contributed by atoms with Crippen LogP contribution in [0, 0.1) is 13.8 Å². The first-order valence-corrected chi connectivity index (χ1v) is 11.8. The van der Waals surface area contributed by atoms with Crippen molar-refractivity contribution in [3.8, 4) is 11.5 Å². The van der Waals surface area contributed by atoms with Gasteiger partial charge in [0.15, 0.2) is 0 Å². The molecule has 0 aliphatic rings. The quantitative estimate of drug-likeness (QED) is 0.275. The fourth-order valence-electron chi connectivity index (χ4n) is 4.19. The van der Waals surface area contributed by atoms with Crippen molar-refractivity contribution in [3.63, 3.8) is 0 Å². The lowest BCUT2D eigenvalue weighted by atomic mass is 10.1. The van der Waals surface area contributed by atoms with E-state index in [0.29, 0.717) is 31.0 Å². The maximum atomic E-state index is 13.7. The van der Waals surface area contributed by atoms with Crippen LogP contribution in [0.1, 0.15) is 38.2 Å². The number of aryl methyl sites for hydroxylation is 2. The summed E-state index contributed by atoms with van der Waals surface area (Å²) >= 11 is 0. The highest BCUT2D eigenvalue weighted by molar-refractivity contribution is 5.94. The van der Waals surface area contributed by atoms with Crippen LogP contribution in [0.5, 0.6) is 11.5 Å². The third-order valence-corrected chi connectivity index (χ3v) is 5.84. The molecule has 4 heteroatoms. The second-order valence-electron chi connectivity index (χ2n) is 8.77. The van der Waals surface area contributed by atoms with Crippen LogP contribution in [-0.2, 0) is 19.7 Å². The van der Waals surface area contributed by atoms with E-state index >= 15 is 0 Å². The van der Waals surface area contributed by atoms with E-state index < -0.39 is 0 Å². The van der Waals surface area contributed by atoms with Crippen molar-refractivity contribution in [1.29, 1.82) is 0 Å². The average Bonchev–Trinajstić information content (AvgIpc) is 2.87. The van der Waals surface area contributed by atoms with Crippen molar-refractivity contribution in [3.05, 3.63) is 130 Å². The second-order valence-corrected chi connectivity index (χ2v) is 8.77. The number of carbonyl (C=O) groups is 1. The molecular weight excluding hydrogens is 434 g/mol. The molecular formula is C31H31NO3. The summed E-state index contributed by atoms with van der Waals surface area (Å²) in [7, 11) is 1.63. The molecule has 0 N–H and O–H groups in total. The average molecular weight is 466 g/mol. The number of methoxy groups -OCH3 is 1. The molecule has 0 heterocycles. The summed E-state index contributed by atoms with van der Waals surface area (Å²) in [4.78, 5) is 15.6. The van der Waals surface area contributed by atoms with Crippen LogP contribution < -0.4 is 9.47 Å². The van der Waals surface area contributed by atoms with Crippen LogP contribution in [-0.4, -0.2) is 17.9 Å². The van der Waals surface area contributed by atoms with E-state index in [-0.39, 0.29) is 5.91 Å². The first kappa shape index (κ1) is 24.1. The zero-order valence-electron chi connectivity index (χ0n) is 20.5. The molecule has 35 heavy (non-hydrogen) atoms. The summed E-state index contributed by atoms with van der Waals surface area (Å²) in [5.74, 6) is 1.47. The Morgan fingerprint density at radius 1 is 0.743 bits per heavy atom. The summed E-state index contributed by atoms with van der Waals surface area (Å²) in [6.45, 7) is 5.45. The summed E-state index contributed by atoms with van der Waals surface area (Å²) < 4.78 is 11.6. The Labute approximate surface area is 207 Å². The molecule has 0 saturated heterocycles. The lowest BCUT2D eigenvalue weighted by Gasteiger charge is -2.24. The van der Waals surface area contributed by atoms with Crippen molar-refractivity contribution in [2.45, 2.75) is 33.5 Å². The van der Waals surface area contributed by atoms with Gasteiger partial charge in [0.25, 0.3) is 5.91 Å². The van der Waals surface area contributed by atoms with Crippen molar-refractivity contribution in [2.75, 3.05) is 7.11 Å². The maximum Gasteiger partial charge on any atom is 0.254 e. The maximum absolute atomic E-state index is 13.7. The van der Waals surface area contributed by atoms with Gasteiger partial charge in [-0.2, -0.15) is 0 Å². The lowest BCUT2D eigenvalue weighted by Crippen LogP contribution is -2.30. The Morgan fingerprint density at radius 2 is 1.31 bits per heavy atom. The number of benzene rings is 4. The fraction of sp³-hybridized carbons (Fsp3) is 0.194. The predicted octanol–water partition coefficient (Wildman–Crippen LogP) is 6.73. The Balaban J connectivity index is 1.59. The van der Waals surface area contributed by atoms with Gasteiger partial charge in [-0.05, 0) is 66.4 Å². The van der Waals surface area contributed by atoms with Gasteiger partial charge >= 0.3 is 0 Å². The van der Waals surface area contributed by atoms with Crippen LogP contribution in [0.15, 0.2) is 97.1 Å². The zero-order chi connectivity index (χ0) is 24.6. The van der Waals surface area contributed by atoms with E-state index in [1.807, 2.05) is 110 Å². The predicted molar refractivity (Wildman–Crippen MR) is 140 cm³/mol. The Bertz CT molecular complexity index is 1210. The standard InChI is InChI=1S/C31H31NO3/c1-23-16-24(2)18-29(17-23)35-22-28-19-27(14-15-30(28)34-3)31(33)32(20-25-10-6-4-7-11-25)21-26-12-8-5-9-13-26/h4-19H,20-22H2,1-3H3. The van der Waals surface area contributed by atoms with Crippen LogP contribution >= 0.6 is 0 Å². The summed E-state index contributed by atoms with van der Waals surface area (Å²) in [5, 5.41) is 0. The van der Waals surface area contributed by atoms with E-state index in [0.717, 1.165) is 33.6 Å². The van der Waals surface area contributed by atoms with E-state index in [1.54, 1.807) is 7.11 Å². The monoisotopic (exact) mass is 465 g/mol. The molecule has 0 saturated carbocycles. The van der Waals surface area contributed by atoms with Gasteiger partial charge in [0.2, 0.25) is 0 Å². The summed E-state index contributed by atoms with van der Waals surface area (Å²) in [6.07, 6.45) is 0. The van der Waals surface area contributed by atoms with Gasteiger partial charge < -0.3 is 14.4 Å². The largest absolute Gasteiger partial charge is 0.496 e. The molecule has 0 radical (unpaired) electrons. The smallest absolute Gasteiger partial charge is 0.254 e. The van der Waals surface area contributed by atoms with Gasteiger partial charge in [0, 0.05) is 24.2 Å². The molecule has 0 aliphatic carbocycles. The number of rotatable bonds is 9. The van der Waals surface area contributed by atoms with Crippen molar-refractivity contribution in [1.82, 2.24) is 4.90 Å². The molecule has 4 nitrogen and oxygen atoms in total. The van der Waals surface area contributed by atoms with Crippen LogP contribution in [0.25, 0.3) is 0 Å². The Kier molecular flexibility index (Phi) is 7.84. The van der Waals surface area contributed by atoms with E-state index in [1.165, 1.54) is 0 Å². The summed E-state index contributed by atoms with van der Waals surface area (Å²) in [5.41, 5.74) is 5.91. The molecule has 4 aromatic rings. The van der Waals surface area contributed by atoms with Gasteiger partial charge in [-0.3, -0.25) is 4.79 Å². The normalized spacial score (nSPS) is 10.6. The van der Waals surface area contributed by atoms with E-state index in [9.17, 15) is 4.79 Å². The molecule has 0 unspecified atom stereocenters. The van der Waals surface area contributed by atoms with Gasteiger partial charge in [-0.25, -0.2) is 0 Å². The molecule has 4 aromatic carbocycles. The third kappa shape index (κ3) is 6.51. The van der Waals surface area contributed by atoms with E-state index in [4.69, 9.17) is 9.47 Å². The minimum absolute atomic E-state index is 0.0343. The third-order valence-electron chi connectivity index (χ3n) is 5.84. The number of hydrogen-bond donors (Lipinski definition) is 0. The highest BCUT2D eigenvalue weighted by atomic mass is 16.5. The Hall–Kier alpha value is -4.05. The molecule has 0 atom stereocenters. The van der Waals surface area contributed by atoms with E-state index in [2.05, 4.69) is 6.07 Å². The van der Waals surface area contributed by atoms with Gasteiger partial charge in [-0.15, -0.1) is 0 Å². The first-order chi connectivity index (χ1) is 17.0. The molecule has 4 rings (SSSR count).